The number of hydrogen-bond acceptors (Lipinski definition) is 3. The summed E-state index contributed by atoms with van der Waals surface area (Å²) < 4.78 is 0. The van der Waals surface area contributed by atoms with E-state index in [9.17, 15) is 9.59 Å². The molecule has 2 N–H and O–H groups in total. The van der Waals surface area contributed by atoms with Crippen molar-refractivity contribution in [3.63, 3.8) is 0 Å². The van der Waals surface area contributed by atoms with Crippen molar-refractivity contribution in [2.75, 3.05) is 30.9 Å². The molecular formula is C27H40N4O2. The van der Waals surface area contributed by atoms with Gasteiger partial charge in [0.1, 0.15) is 0 Å². The van der Waals surface area contributed by atoms with Crippen LogP contribution in [-0.2, 0) is 11.3 Å². The molecule has 0 heterocycles. The molecule has 0 radical (unpaired) electrons. The molecule has 1 atom stereocenters. The van der Waals surface area contributed by atoms with Crippen molar-refractivity contribution >= 4 is 23.3 Å². The first-order valence-electron chi connectivity index (χ1n) is 11.8. The summed E-state index contributed by atoms with van der Waals surface area (Å²) >= 11 is 0. The Kier molecular flexibility index (Phi) is 9.76. The van der Waals surface area contributed by atoms with Crippen molar-refractivity contribution < 1.29 is 9.59 Å². The third-order valence-corrected chi connectivity index (χ3v) is 5.41. The van der Waals surface area contributed by atoms with Crippen LogP contribution >= 0.6 is 0 Å². The first-order valence-corrected chi connectivity index (χ1v) is 11.8. The minimum Gasteiger partial charge on any atom is -0.377 e. The van der Waals surface area contributed by atoms with Crippen molar-refractivity contribution in [1.29, 1.82) is 0 Å². The molecule has 33 heavy (non-hydrogen) atoms. The van der Waals surface area contributed by atoms with Crippen LogP contribution in [0.15, 0.2) is 48.5 Å². The zero-order valence-corrected chi connectivity index (χ0v) is 21.2. The maximum absolute atomic E-state index is 13.7. The summed E-state index contributed by atoms with van der Waals surface area (Å²) in [5, 5.41) is 5.76. The molecule has 0 saturated carbocycles. The van der Waals surface area contributed by atoms with Crippen LogP contribution in [0.3, 0.4) is 0 Å². The number of amides is 3. The molecule has 6 heteroatoms. The van der Waals surface area contributed by atoms with Gasteiger partial charge in [0.25, 0.3) is 0 Å². The summed E-state index contributed by atoms with van der Waals surface area (Å²) in [6.07, 6.45) is 0.745. The maximum Gasteiger partial charge on any atom is 0.319 e. The van der Waals surface area contributed by atoms with Gasteiger partial charge in [0.05, 0.1) is 5.92 Å². The maximum atomic E-state index is 13.7. The van der Waals surface area contributed by atoms with Gasteiger partial charge in [-0.2, -0.15) is 0 Å². The second kappa shape index (κ2) is 12.3. The van der Waals surface area contributed by atoms with E-state index in [0.29, 0.717) is 24.7 Å². The van der Waals surface area contributed by atoms with Gasteiger partial charge in [-0.3, -0.25) is 4.79 Å². The normalized spacial score (nSPS) is 11.9. The van der Waals surface area contributed by atoms with Gasteiger partial charge in [0, 0.05) is 44.6 Å². The number of rotatable bonds is 10. The van der Waals surface area contributed by atoms with Gasteiger partial charge in [-0.1, -0.05) is 51.1 Å². The predicted octanol–water partition coefficient (Wildman–Crippen LogP) is 5.46. The Bertz CT molecular complexity index is 910. The molecule has 180 valence electrons. The minimum atomic E-state index is -0.237. The molecule has 0 aliphatic rings. The Balaban J connectivity index is 2.36. The molecule has 0 aromatic heterocycles. The minimum absolute atomic E-state index is 0.0497. The number of hydrogen-bond donors (Lipinski definition) is 2. The van der Waals surface area contributed by atoms with Crippen LogP contribution in [0, 0.1) is 5.92 Å². The summed E-state index contributed by atoms with van der Waals surface area (Å²) in [5.74, 6) is 0.298. The van der Waals surface area contributed by atoms with Crippen molar-refractivity contribution in [2.24, 2.45) is 5.92 Å². The van der Waals surface area contributed by atoms with Crippen LogP contribution in [-0.4, -0.2) is 43.5 Å². The van der Waals surface area contributed by atoms with Crippen LogP contribution < -0.4 is 15.5 Å². The van der Waals surface area contributed by atoms with Gasteiger partial charge < -0.3 is 20.4 Å². The molecule has 0 bridgehead atoms. The molecule has 0 aliphatic carbocycles. The van der Waals surface area contributed by atoms with E-state index in [1.807, 2.05) is 86.3 Å². The van der Waals surface area contributed by atoms with E-state index in [1.54, 1.807) is 0 Å². The topological polar surface area (TPSA) is 64.7 Å². The van der Waals surface area contributed by atoms with Crippen LogP contribution in [0.1, 0.15) is 58.1 Å². The average molecular weight is 453 g/mol. The van der Waals surface area contributed by atoms with Gasteiger partial charge in [-0.25, -0.2) is 4.79 Å². The third kappa shape index (κ3) is 7.81. The molecule has 6 nitrogen and oxygen atoms in total. The molecule has 0 unspecified atom stereocenters. The third-order valence-electron chi connectivity index (χ3n) is 5.41. The lowest BCUT2D eigenvalue weighted by molar-refractivity contribution is -0.134. The fourth-order valence-corrected chi connectivity index (χ4v) is 3.99. The number of urea groups is 1. The second-order valence-electron chi connectivity index (χ2n) is 9.48. The Morgan fingerprint density at radius 3 is 2.18 bits per heavy atom. The lowest BCUT2D eigenvalue weighted by atomic mass is 9.94. The Labute approximate surface area is 199 Å². The van der Waals surface area contributed by atoms with E-state index < -0.39 is 0 Å². The Morgan fingerprint density at radius 1 is 0.970 bits per heavy atom. The van der Waals surface area contributed by atoms with Gasteiger partial charge in [0.2, 0.25) is 5.91 Å². The second-order valence-corrected chi connectivity index (χ2v) is 9.48. The fraction of sp³-hybridized carbons (Fsp3) is 0.481. The van der Waals surface area contributed by atoms with Crippen molar-refractivity contribution in [3.8, 4) is 0 Å². The van der Waals surface area contributed by atoms with Crippen molar-refractivity contribution in [3.05, 3.63) is 59.7 Å². The molecule has 2 aromatic carbocycles. The predicted molar refractivity (Wildman–Crippen MR) is 138 cm³/mol. The molecule has 0 fully saturated rings. The van der Waals surface area contributed by atoms with Crippen molar-refractivity contribution in [2.45, 2.75) is 59.5 Å². The highest BCUT2D eigenvalue weighted by molar-refractivity contribution is 5.90. The zero-order valence-electron chi connectivity index (χ0n) is 21.2. The molecule has 2 rings (SSSR count). The molecule has 3 amide bonds. The SMILES string of the molecule is CC[C@H](C(=O)N(Cc1cc(NC(=O)NC(C)C)ccc1N(C)C)CC(C)C)c1ccccc1. The monoisotopic (exact) mass is 452 g/mol. The van der Waals surface area contributed by atoms with Gasteiger partial charge in [0.15, 0.2) is 0 Å². The van der Waals surface area contributed by atoms with E-state index in [-0.39, 0.29) is 23.9 Å². The number of nitrogens with zero attached hydrogens (tertiary/aromatic N) is 2. The lowest BCUT2D eigenvalue weighted by Crippen LogP contribution is -2.37. The highest BCUT2D eigenvalue weighted by Gasteiger charge is 2.26. The van der Waals surface area contributed by atoms with Crippen LogP contribution in [0.4, 0.5) is 16.2 Å². The standard InChI is InChI=1S/C27H40N4O2/c1-8-24(21-12-10-9-11-13-21)26(32)31(17-19(2)3)18-22-16-23(14-15-25(22)30(6)7)29-27(33)28-20(4)5/h9-16,19-20,24H,8,17-18H2,1-7H3,(H2,28,29,33)/t24-/m0/s1. The molecular weight excluding hydrogens is 412 g/mol. The number of benzene rings is 2. The Morgan fingerprint density at radius 2 is 1.64 bits per heavy atom. The zero-order chi connectivity index (χ0) is 24.5. The van der Waals surface area contributed by atoms with Gasteiger partial charge in [-0.05, 0) is 55.5 Å². The largest absolute Gasteiger partial charge is 0.377 e. The van der Waals surface area contributed by atoms with E-state index in [2.05, 4.69) is 31.4 Å². The van der Waals surface area contributed by atoms with E-state index in [4.69, 9.17) is 0 Å². The molecule has 0 aliphatic heterocycles. The highest BCUT2D eigenvalue weighted by Crippen LogP contribution is 2.28. The van der Waals surface area contributed by atoms with Gasteiger partial charge in [-0.15, -0.1) is 0 Å². The number of anilines is 2. The Hall–Kier alpha value is -3.02. The highest BCUT2D eigenvalue weighted by atomic mass is 16.2. The number of carbonyl (C=O) groups is 2. The fourth-order valence-electron chi connectivity index (χ4n) is 3.99. The summed E-state index contributed by atoms with van der Waals surface area (Å²) in [6, 6.07) is 15.7. The van der Waals surface area contributed by atoms with E-state index in [0.717, 1.165) is 23.2 Å². The van der Waals surface area contributed by atoms with Crippen molar-refractivity contribution in [1.82, 2.24) is 10.2 Å². The first-order chi connectivity index (χ1) is 15.6. The smallest absolute Gasteiger partial charge is 0.319 e. The van der Waals surface area contributed by atoms with Crippen LogP contribution in [0.2, 0.25) is 0 Å². The molecule has 0 saturated heterocycles. The molecule has 2 aromatic rings. The van der Waals surface area contributed by atoms with Crippen LogP contribution in [0.25, 0.3) is 0 Å². The van der Waals surface area contributed by atoms with Gasteiger partial charge >= 0.3 is 6.03 Å². The number of nitrogens with one attached hydrogen (secondary N) is 2. The summed E-state index contributed by atoms with van der Waals surface area (Å²) in [6.45, 7) is 11.3. The summed E-state index contributed by atoms with van der Waals surface area (Å²) in [7, 11) is 3.98. The number of carbonyl (C=O) groups excluding carboxylic acids is 2. The van der Waals surface area contributed by atoms with E-state index in [1.165, 1.54) is 0 Å². The quantitative estimate of drug-likeness (QED) is 0.503. The first kappa shape index (κ1) is 26.2. The average Bonchev–Trinajstić information content (AvgIpc) is 2.73. The summed E-state index contributed by atoms with van der Waals surface area (Å²) in [5.41, 5.74) is 3.78. The van der Waals surface area contributed by atoms with Crippen LogP contribution in [0.5, 0.6) is 0 Å². The molecule has 0 spiro atoms. The lowest BCUT2D eigenvalue weighted by Gasteiger charge is -2.30. The summed E-state index contributed by atoms with van der Waals surface area (Å²) in [4.78, 5) is 29.9. The van der Waals surface area contributed by atoms with E-state index >= 15 is 0 Å².